The van der Waals surface area contributed by atoms with E-state index in [2.05, 4.69) is 16.7 Å². The van der Waals surface area contributed by atoms with Gasteiger partial charge in [0, 0.05) is 20.0 Å². The molecule has 12 heteroatoms. The quantitative estimate of drug-likeness (QED) is 0.319. The van der Waals surface area contributed by atoms with Crippen molar-refractivity contribution in [1.82, 2.24) is 20.4 Å². The Morgan fingerprint density at radius 3 is 2.28 bits per heavy atom. The van der Waals surface area contributed by atoms with E-state index in [9.17, 15) is 29.1 Å². The second kappa shape index (κ2) is 15.6. The van der Waals surface area contributed by atoms with Crippen LogP contribution in [0.3, 0.4) is 0 Å². The van der Waals surface area contributed by atoms with E-state index in [1.807, 2.05) is 39.0 Å². The number of nitrogens with one attached hydrogen (secondary N) is 2. The summed E-state index contributed by atoms with van der Waals surface area (Å²) in [6, 6.07) is 11.4. The zero-order valence-corrected chi connectivity index (χ0v) is 30.4. The Labute approximate surface area is 294 Å². The lowest BCUT2D eigenvalue weighted by atomic mass is 9.85. The minimum Gasteiger partial charge on any atom is -0.478 e. The van der Waals surface area contributed by atoms with Crippen LogP contribution in [0.5, 0.6) is 0 Å². The molecule has 1 aliphatic carbocycles. The molecule has 1 saturated heterocycles. The number of hydrogen-bond donors (Lipinski definition) is 3. The molecule has 272 valence electrons. The normalized spacial score (nSPS) is 20.2. The number of carbonyl (C=O) groups is 5. The van der Waals surface area contributed by atoms with E-state index >= 15 is 0 Å². The number of nitrogens with zero attached hydrogens (tertiary/aromatic N) is 2. The number of amides is 4. The predicted octanol–water partition coefficient (Wildman–Crippen LogP) is 4.85. The van der Waals surface area contributed by atoms with E-state index in [-0.39, 0.29) is 37.1 Å². The second-order valence-electron chi connectivity index (χ2n) is 15.4. The zero-order chi connectivity index (χ0) is 37.0. The maximum atomic E-state index is 14.5. The molecule has 1 heterocycles. The van der Waals surface area contributed by atoms with Crippen molar-refractivity contribution in [2.24, 2.45) is 5.41 Å². The van der Waals surface area contributed by atoms with Crippen LogP contribution in [-0.4, -0.2) is 88.1 Å². The van der Waals surface area contributed by atoms with Gasteiger partial charge in [-0.15, -0.1) is 0 Å². The summed E-state index contributed by atoms with van der Waals surface area (Å²) in [5.41, 5.74) is 1.67. The molecule has 0 bridgehead atoms. The van der Waals surface area contributed by atoms with Gasteiger partial charge >= 0.3 is 12.1 Å². The van der Waals surface area contributed by atoms with E-state index < -0.39 is 59.1 Å². The Morgan fingerprint density at radius 1 is 1.00 bits per heavy atom. The van der Waals surface area contributed by atoms with E-state index in [0.29, 0.717) is 0 Å². The van der Waals surface area contributed by atoms with Crippen LogP contribution in [0.2, 0.25) is 0 Å². The fourth-order valence-electron chi connectivity index (χ4n) is 6.28. The van der Waals surface area contributed by atoms with Crippen LogP contribution < -0.4 is 10.6 Å². The average molecular weight is 693 g/mol. The number of carboxylic acid groups (broad SMARTS) is 1. The van der Waals surface area contributed by atoms with E-state index in [4.69, 9.17) is 9.47 Å². The number of aryl methyl sites for hydroxylation is 1. The van der Waals surface area contributed by atoms with Crippen LogP contribution in [0.25, 0.3) is 0 Å². The Kier molecular flexibility index (Phi) is 12.0. The third-order valence-electron chi connectivity index (χ3n) is 9.26. The Bertz CT molecular complexity index is 1560. The van der Waals surface area contributed by atoms with Crippen molar-refractivity contribution in [2.75, 3.05) is 13.6 Å². The lowest BCUT2D eigenvalue weighted by Crippen LogP contribution is -2.60. The molecular weight excluding hydrogens is 640 g/mol. The van der Waals surface area contributed by atoms with Gasteiger partial charge in [0.15, 0.2) is 0 Å². The molecule has 5 atom stereocenters. The van der Waals surface area contributed by atoms with Gasteiger partial charge in [-0.1, -0.05) is 57.2 Å². The van der Waals surface area contributed by atoms with Crippen LogP contribution in [-0.2, 0) is 36.9 Å². The summed E-state index contributed by atoms with van der Waals surface area (Å²) in [5, 5.41) is 15.3. The van der Waals surface area contributed by atoms with Gasteiger partial charge in [0.25, 0.3) is 0 Å². The monoisotopic (exact) mass is 692 g/mol. The first-order valence-electron chi connectivity index (χ1n) is 17.2. The summed E-state index contributed by atoms with van der Waals surface area (Å²) >= 11 is 0. The van der Waals surface area contributed by atoms with Crippen molar-refractivity contribution in [3.8, 4) is 0 Å². The van der Waals surface area contributed by atoms with Gasteiger partial charge in [-0.25, -0.2) is 9.59 Å². The summed E-state index contributed by atoms with van der Waals surface area (Å²) in [4.78, 5) is 68.8. The number of carbonyl (C=O) groups excluding carboxylic acids is 4. The molecule has 1 aliphatic heterocycles. The molecular formula is C38H52N4O8. The van der Waals surface area contributed by atoms with Gasteiger partial charge in [0.2, 0.25) is 17.7 Å². The highest BCUT2D eigenvalue weighted by Crippen LogP contribution is 2.32. The van der Waals surface area contributed by atoms with Crippen molar-refractivity contribution in [1.29, 1.82) is 0 Å². The minimum absolute atomic E-state index is 0.112. The number of benzene rings is 2. The standard InChI is InChI=1S/C38H52N4O8/c1-23(41(8)36(48)50-38(5,6)7)32(43)40-31(37(2,3)4)34(45)42-21-27(49-22-24-16-18-26(19-17-24)35(46)47)20-30(42)33(44)39-29-15-11-13-25-12-9-10-14-28(25)29/h9-10,12,14,16-19,23,27,29-31H,11,13,15,20-22H2,1-8H3,(H,39,44)(H,40,43)(H,46,47)/t23-,27-,29?,30-,31+/m0/s1. The topological polar surface area (TPSA) is 155 Å². The Balaban J connectivity index is 1.55. The largest absolute Gasteiger partial charge is 0.478 e. The van der Waals surface area contributed by atoms with Crippen LogP contribution in [0.1, 0.15) is 101 Å². The number of rotatable bonds is 10. The first-order valence-corrected chi connectivity index (χ1v) is 17.2. The molecule has 0 aromatic heterocycles. The van der Waals surface area contributed by atoms with Gasteiger partial charge in [-0.2, -0.15) is 0 Å². The van der Waals surface area contributed by atoms with Gasteiger partial charge in [0.05, 0.1) is 24.3 Å². The maximum Gasteiger partial charge on any atom is 0.410 e. The molecule has 2 aromatic carbocycles. The maximum absolute atomic E-state index is 14.5. The molecule has 4 amide bonds. The van der Waals surface area contributed by atoms with Crippen LogP contribution in [0.4, 0.5) is 4.79 Å². The SMILES string of the molecule is C[C@@H](C(=O)N[C@H](C(=O)N1C[C@@H](OCc2ccc(C(=O)O)cc2)C[C@H]1C(=O)NC1CCCc2ccccc21)C(C)(C)C)N(C)C(=O)OC(C)(C)C. The number of fused-ring (bicyclic) bond motifs is 1. The van der Waals surface area contributed by atoms with E-state index in [0.717, 1.165) is 30.4 Å². The molecule has 0 radical (unpaired) electrons. The number of aromatic carboxylic acids is 1. The lowest BCUT2D eigenvalue weighted by molar-refractivity contribution is -0.144. The molecule has 1 unspecified atom stereocenters. The predicted molar refractivity (Wildman–Crippen MR) is 187 cm³/mol. The smallest absolute Gasteiger partial charge is 0.410 e. The van der Waals surface area contributed by atoms with E-state index in [1.165, 1.54) is 34.5 Å². The van der Waals surface area contributed by atoms with Crippen molar-refractivity contribution in [3.63, 3.8) is 0 Å². The third-order valence-corrected chi connectivity index (χ3v) is 9.26. The average Bonchev–Trinajstić information content (AvgIpc) is 3.49. The summed E-state index contributed by atoms with van der Waals surface area (Å²) in [6.45, 7) is 12.5. The fraction of sp³-hybridized carbons (Fsp3) is 0.553. The number of carboxylic acids is 1. The van der Waals surface area contributed by atoms with Gasteiger partial charge in [-0.05, 0) is 81.2 Å². The highest BCUT2D eigenvalue weighted by Gasteiger charge is 2.46. The van der Waals surface area contributed by atoms with Crippen LogP contribution >= 0.6 is 0 Å². The van der Waals surface area contributed by atoms with Crippen molar-refractivity contribution in [3.05, 3.63) is 70.8 Å². The lowest BCUT2D eigenvalue weighted by Gasteiger charge is -2.37. The first kappa shape index (κ1) is 38.4. The highest BCUT2D eigenvalue weighted by molar-refractivity contribution is 5.94. The molecule has 12 nitrogen and oxygen atoms in total. The number of likely N-dealkylation sites (N-methyl/N-ethyl adjacent to an activating group) is 1. The van der Waals surface area contributed by atoms with E-state index in [1.54, 1.807) is 39.8 Å². The first-order chi connectivity index (χ1) is 23.4. The van der Waals surface area contributed by atoms with Gasteiger partial charge < -0.3 is 30.1 Å². The Morgan fingerprint density at radius 2 is 1.66 bits per heavy atom. The molecule has 0 spiro atoms. The molecule has 2 aromatic rings. The van der Waals surface area contributed by atoms with Crippen LogP contribution in [0, 0.1) is 5.41 Å². The molecule has 3 N–H and O–H groups in total. The summed E-state index contributed by atoms with van der Waals surface area (Å²) in [5.74, 6) is -2.29. The molecule has 1 fully saturated rings. The highest BCUT2D eigenvalue weighted by atomic mass is 16.6. The molecule has 50 heavy (non-hydrogen) atoms. The molecule has 4 rings (SSSR count). The number of ether oxygens (including phenoxy) is 2. The third kappa shape index (κ3) is 9.62. The van der Waals surface area contributed by atoms with Gasteiger partial charge in [-0.3, -0.25) is 19.3 Å². The van der Waals surface area contributed by atoms with Crippen molar-refractivity contribution < 1.29 is 38.6 Å². The van der Waals surface area contributed by atoms with Crippen molar-refractivity contribution >= 4 is 29.8 Å². The fourth-order valence-corrected chi connectivity index (χ4v) is 6.28. The summed E-state index contributed by atoms with van der Waals surface area (Å²) in [6.07, 6.45) is 1.71. The van der Waals surface area contributed by atoms with Crippen LogP contribution in [0.15, 0.2) is 48.5 Å². The van der Waals surface area contributed by atoms with Crippen molar-refractivity contribution in [2.45, 2.75) is 117 Å². The second-order valence-corrected chi connectivity index (χ2v) is 15.4. The summed E-state index contributed by atoms with van der Waals surface area (Å²) in [7, 11) is 1.47. The number of hydrogen-bond acceptors (Lipinski definition) is 7. The molecule has 0 saturated carbocycles. The summed E-state index contributed by atoms with van der Waals surface area (Å²) < 4.78 is 11.6. The Hall–Kier alpha value is -4.45. The zero-order valence-electron chi connectivity index (χ0n) is 30.4. The minimum atomic E-state index is -1.03. The molecule has 2 aliphatic rings. The number of likely N-dealkylation sites (tertiary alicyclic amines) is 1. The van der Waals surface area contributed by atoms with Gasteiger partial charge in [0.1, 0.15) is 23.7 Å².